The highest BCUT2D eigenvalue weighted by Gasteiger charge is 2.17. The van der Waals surface area contributed by atoms with Crippen molar-refractivity contribution >= 4 is 0 Å². The third-order valence-corrected chi connectivity index (χ3v) is 2.80. The zero-order valence-electron chi connectivity index (χ0n) is 10.4. The largest absolute Gasteiger partial charge is 0.497 e. The number of methoxy groups -OCH3 is 1. The molecule has 94 valence electrons. The molecule has 0 spiro atoms. The molecule has 4 heteroatoms. The van der Waals surface area contributed by atoms with Gasteiger partial charge in [0.15, 0.2) is 0 Å². The van der Waals surface area contributed by atoms with E-state index >= 15 is 0 Å². The smallest absolute Gasteiger partial charge is 0.146 e. The van der Waals surface area contributed by atoms with E-state index in [2.05, 4.69) is 10.3 Å². The van der Waals surface area contributed by atoms with Gasteiger partial charge in [-0.15, -0.1) is 0 Å². The molecule has 0 bridgehead atoms. The van der Waals surface area contributed by atoms with Gasteiger partial charge in [-0.3, -0.25) is 4.98 Å². The van der Waals surface area contributed by atoms with Crippen LogP contribution in [0.25, 0.3) is 0 Å². The summed E-state index contributed by atoms with van der Waals surface area (Å²) in [6, 6.07) is 10.2. The average molecular weight is 246 g/mol. The lowest BCUT2D eigenvalue weighted by atomic mass is 10.0. The van der Waals surface area contributed by atoms with Gasteiger partial charge in [-0.25, -0.2) is 4.39 Å². The molecule has 18 heavy (non-hydrogen) atoms. The van der Waals surface area contributed by atoms with Crippen LogP contribution in [0.5, 0.6) is 5.75 Å². The molecule has 0 radical (unpaired) electrons. The molecule has 1 atom stereocenters. The molecule has 1 heterocycles. The minimum Gasteiger partial charge on any atom is -0.497 e. The van der Waals surface area contributed by atoms with Gasteiger partial charge in [0.2, 0.25) is 0 Å². The van der Waals surface area contributed by atoms with E-state index in [1.807, 2.05) is 24.3 Å². The maximum absolute atomic E-state index is 13.7. The first-order chi connectivity index (χ1) is 8.76. The van der Waals surface area contributed by atoms with Gasteiger partial charge >= 0.3 is 0 Å². The molecule has 1 N–H and O–H groups in total. The van der Waals surface area contributed by atoms with Crippen molar-refractivity contribution in [2.24, 2.45) is 0 Å². The first-order valence-corrected chi connectivity index (χ1v) is 5.68. The van der Waals surface area contributed by atoms with Crippen LogP contribution in [0.1, 0.15) is 17.3 Å². The van der Waals surface area contributed by atoms with Crippen molar-refractivity contribution in [3.63, 3.8) is 0 Å². The number of nitrogens with zero attached hydrogens (tertiary/aromatic N) is 1. The van der Waals surface area contributed by atoms with Gasteiger partial charge in [0, 0.05) is 6.20 Å². The molecule has 0 aliphatic heterocycles. The standard InChI is InChI=1S/C14H15FN2O/c1-16-13(14-12(15)4-3-9-17-14)10-5-7-11(18-2)8-6-10/h3-9,13,16H,1-2H3. The molecular weight excluding hydrogens is 231 g/mol. The summed E-state index contributed by atoms with van der Waals surface area (Å²) in [6.07, 6.45) is 1.59. The number of ether oxygens (including phenoxy) is 1. The van der Waals surface area contributed by atoms with Gasteiger partial charge in [-0.05, 0) is 36.9 Å². The molecule has 0 fully saturated rings. The number of nitrogens with one attached hydrogen (secondary N) is 1. The summed E-state index contributed by atoms with van der Waals surface area (Å²) in [7, 11) is 3.39. The Labute approximate surface area is 106 Å². The first kappa shape index (κ1) is 12.5. The van der Waals surface area contributed by atoms with E-state index in [4.69, 9.17) is 4.74 Å². The summed E-state index contributed by atoms with van der Waals surface area (Å²) in [6.45, 7) is 0. The quantitative estimate of drug-likeness (QED) is 0.900. The average Bonchev–Trinajstić information content (AvgIpc) is 2.42. The van der Waals surface area contributed by atoms with Crippen LogP contribution < -0.4 is 10.1 Å². The maximum Gasteiger partial charge on any atom is 0.146 e. The van der Waals surface area contributed by atoms with Crippen LogP contribution in [0, 0.1) is 5.82 Å². The summed E-state index contributed by atoms with van der Waals surface area (Å²) < 4.78 is 18.8. The van der Waals surface area contributed by atoms with Crippen LogP contribution in [0.15, 0.2) is 42.6 Å². The molecule has 0 aliphatic carbocycles. The Hall–Kier alpha value is -1.94. The molecule has 0 saturated carbocycles. The second-order valence-corrected chi connectivity index (χ2v) is 3.87. The Morgan fingerprint density at radius 2 is 1.94 bits per heavy atom. The molecule has 3 nitrogen and oxygen atoms in total. The monoisotopic (exact) mass is 246 g/mol. The lowest BCUT2D eigenvalue weighted by Crippen LogP contribution is -2.20. The van der Waals surface area contributed by atoms with Gasteiger partial charge in [0.25, 0.3) is 0 Å². The topological polar surface area (TPSA) is 34.1 Å². The number of benzene rings is 1. The lowest BCUT2D eigenvalue weighted by molar-refractivity contribution is 0.414. The van der Waals surface area contributed by atoms with Crippen molar-refractivity contribution in [2.45, 2.75) is 6.04 Å². The predicted molar refractivity (Wildman–Crippen MR) is 68.1 cm³/mol. The van der Waals surface area contributed by atoms with Crippen molar-refractivity contribution in [3.05, 3.63) is 59.7 Å². The Bertz CT molecular complexity index is 513. The molecule has 2 aromatic rings. The minimum absolute atomic E-state index is 0.267. The van der Waals surface area contributed by atoms with Crippen molar-refractivity contribution in [1.82, 2.24) is 10.3 Å². The van der Waals surface area contributed by atoms with Crippen LogP contribution in [-0.4, -0.2) is 19.1 Å². The number of rotatable bonds is 4. The van der Waals surface area contributed by atoms with E-state index in [0.29, 0.717) is 5.69 Å². The molecule has 1 aromatic heterocycles. The Balaban J connectivity index is 2.36. The molecule has 2 rings (SSSR count). The fourth-order valence-corrected chi connectivity index (χ4v) is 1.87. The van der Waals surface area contributed by atoms with Crippen molar-refractivity contribution in [2.75, 3.05) is 14.2 Å². The SMILES string of the molecule is CNC(c1ccc(OC)cc1)c1ncccc1F. The Kier molecular flexibility index (Phi) is 3.89. The number of aromatic nitrogens is 1. The summed E-state index contributed by atoms with van der Waals surface area (Å²) in [4.78, 5) is 4.10. The Morgan fingerprint density at radius 1 is 1.22 bits per heavy atom. The van der Waals surface area contributed by atoms with E-state index < -0.39 is 0 Å². The fourth-order valence-electron chi connectivity index (χ4n) is 1.87. The predicted octanol–water partition coefficient (Wildman–Crippen LogP) is 2.54. The lowest BCUT2D eigenvalue weighted by Gasteiger charge is -2.17. The highest BCUT2D eigenvalue weighted by molar-refractivity contribution is 5.33. The van der Waals surface area contributed by atoms with Gasteiger partial charge in [0.05, 0.1) is 18.8 Å². The van der Waals surface area contributed by atoms with E-state index in [1.165, 1.54) is 6.07 Å². The normalized spacial score (nSPS) is 12.2. The third kappa shape index (κ3) is 2.49. The molecule has 0 aliphatic rings. The van der Waals surface area contributed by atoms with Gasteiger partial charge in [-0.2, -0.15) is 0 Å². The zero-order chi connectivity index (χ0) is 13.0. The van der Waals surface area contributed by atoms with E-state index in [-0.39, 0.29) is 11.9 Å². The minimum atomic E-state index is -0.312. The van der Waals surface area contributed by atoms with Gasteiger partial charge in [-0.1, -0.05) is 12.1 Å². The molecule has 0 saturated heterocycles. The van der Waals surface area contributed by atoms with E-state index in [9.17, 15) is 4.39 Å². The van der Waals surface area contributed by atoms with Crippen LogP contribution in [0.3, 0.4) is 0 Å². The highest BCUT2D eigenvalue weighted by Crippen LogP contribution is 2.23. The number of pyridine rings is 1. The summed E-state index contributed by atoms with van der Waals surface area (Å²) in [5.74, 6) is 0.461. The van der Waals surface area contributed by atoms with Crippen LogP contribution in [-0.2, 0) is 0 Å². The van der Waals surface area contributed by atoms with Crippen LogP contribution in [0.2, 0.25) is 0 Å². The molecule has 1 aromatic carbocycles. The number of halogens is 1. The molecular formula is C14H15FN2O. The third-order valence-electron chi connectivity index (χ3n) is 2.80. The van der Waals surface area contributed by atoms with E-state index in [0.717, 1.165) is 11.3 Å². The maximum atomic E-state index is 13.7. The first-order valence-electron chi connectivity index (χ1n) is 5.68. The molecule has 1 unspecified atom stereocenters. The second-order valence-electron chi connectivity index (χ2n) is 3.87. The van der Waals surface area contributed by atoms with Gasteiger partial charge < -0.3 is 10.1 Å². The molecule has 0 amide bonds. The van der Waals surface area contributed by atoms with E-state index in [1.54, 1.807) is 26.4 Å². The zero-order valence-corrected chi connectivity index (χ0v) is 10.4. The number of hydrogen-bond acceptors (Lipinski definition) is 3. The number of hydrogen-bond donors (Lipinski definition) is 1. The van der Waals surface area contributed by atoms with Crippen molar-refractivity contribution in [1.29, 1.82) is 0 Å². The van der Waals surface area contributed by atoms with Crippen molar-refractivity contribution < 1.29 is 9.13 Å². The van der Waals surface area contributed by atoms with Crippen LogP contribution >= 0.6 is 0 Å². The van der Waals surface area contributed by atoms with Crippen LogP contribution in [0.4, 0.5) is 4.39 Å². The summed E-state index contributed by atoms with van der Waals surface area (Å²) in [5, 5.41) is 3.07. The summed E-state index contributed by atoms with van der Waals surface area (Å²) >= 11 is 0. The highest BCUT2D eigenvalue weighted by atomic mass is 19.1. The fraction of sp³-hybridized carbons (Fsp3) is 0.214. The van der Waals surface area contributed by atoms with Gasteiger partial charge in [0.1, 0.15) is 11.6 Å². The second kappa shape index (κ2) is 5.60. The Morgan fingerprint density at radius 3 is 2.50 bits per heavy atom. The summed E-state index contributed by atoms with van der Waals surface area (Å²) in [5.41, 5.74) is 1.33. The van der Waals surface area contributed by atoms with Crippen molar-refractivity contribution in [3.8, 4) is 5.75 Å².